The van der Waals surface area contributed by atoms with Crippen molar-refractivity contribution in [1.29, 1.82) is 0 Å². The van der Waals surface area contributed by atoms with Crippen LogP contribution in [0.4, 0.5) is 0 Å². The zero-order valence-corrected chi connectivity index (χ0v) is 9.84. The molecule has 1 heterocycles. The van der Waals surface area contributed by atoms with Gasteiger partial charge < -0.3 is 4.90 Å². The molecule has 82 valence electrons. The summed E-state index contributed by atoms with van der Waals surface area (Å²) in [6.45, 7) is 2.11. The molecule has 15 heavy (non-hydrogen) atoms. The molecule has 0 saturated heterocycles. The minimum atomic E-state index is -0.0981. The van der Waals surface area contributed by atoms with Crippen molar-refractivity contribution in [2.45, 2.75) is 19.8 Å². The second kappa shape index (κ2) is 5.66. The number of carbonyl (C=O) groups is 2. The van der Waals surface area contributed by atoms with Crippen molar-refractivity contribution in [1.82, 2.24) is 4.90 Å². The Kier molecular flexibility index (Phi) is 4.49. The van der Waals surface area contributed by atoms with Gasteiger partial charge in [-0.05, 0) is 24.8 Å². The Bertz CT molecular complexity index is 332. The number of hydrogen-bond acceptors (Lipinski definition) is 3. The van der Waals surface area contributed by atoms with Crippen molar-refractivity contribution >= 4 is 23.0 Å². The van der Waals surface area contributed by atoms with E-state index in [2.05, 4.69) is 0 Å². The van der Waals surface area contributed by atoms with E-state index in [1.165, 1.54) is 11.8 Å². The molecule has 1 amide bonds. The lowest BCUT2D eigenvalue weighted by Gasteiger charge is -2.15. The van der Waals surface area contributed by atoms with Crippen molar-refractivity contribution in [3.8, 4) is 0 Å². The molecule has 0 aliphatic rings. The fourth-order valence-corrected chi connectivity index (χ4v) is 1.90. The summed E-state index contributed by atoms with van der Waals surface area (Å²) in [4.78, 5) is 25.0. The smallest absolute Gasteiger partial charge is 0.229 e. The summed E-state index contributed by atoms with van der Waals surface area (Å²) in [5.74, 6) is -0.179. The van der Waals surface area contributed by atoms with Gasteiger partial charge in [-0.15, -0.1) is 11.3 Å². The van der Waals surface area contributed by atoms with Crippen LogP contribution in [0.5, 0.6) is 0 Å². The average molecular weight is 225 g/mol. The highest BCUT2D eigenvalue weighted by atomic mass is 32.1. The maximum absolute atomic E-state index is 11.4. The van der Waals surface area contributed by atoms with Gasteiger partial charge in [0.1, 0.15) is 5.78 Å². The maximum Gasteiger partial charge on any atom is 0.229 e. The number of nitrogens with zero attached hydrogens (tertiary/aromatic N) is 1. The number of carbonyl (C=O) groups excluding carboxylic acids is 2. The van der Waals surface area contributed by atoms with Crippen LogP contribution >= 0.6 is 11.3 Å². The largest absolute Gasteiger partial charge is 0.345 e. The van der Waals surface area contributed by atoms with Gasteiger partial charge in [-0.25, -0.2) is 0 Å². The highest BCUT2D eigenvalue weighted by molar-refractivity contribution is 7.09. The quantitative estimate of drug-likeness (QED) is 0.716. The van der Waals surface area contributed by atoms with Crippen LogP contribution in [0.1, 0.15) is 18.2 Å². The molecule has 0 atom stereocenters. The molecular formula is C11H15NO2S. The first-order valence-corrected chi connectivity index (χ1v) is 5.73. The third kappa shape index (κ3) is 4.25. The van der Waals surface area contributed by atoms with E-state index in [0.29, 0.717) is 6.54 Å². The van der Waals surface area contributed by atoms with Crippen molar-refractivity contribution in [2.75, 3.05) is 13.6 Å². The van der Waals surface area contributed by atoms with E-state index in [4.69, 9.17) is 0 Å². The average Bonchev–Trinajstić information content (AvgIpc) is 2.65. The first-order chi connectivity index (χ1) is 7.09. The molecule has 0 unspecified atom stereocenters. The van der Waals surface area contributed by atoms with Crippen molar-refractivity contribution < 1.29 is 9.59 Å². The van der Waals surface area contributed by atoms with Gasteiger partial charge in [-0.3, -0.25) is 9.59 Å². The monoisotopic (exact) mass is 225 g/mol. The van der Waals surface area contributed by atoms with Gasteiger partial charge in [0.2, 0.25) is 5.91 Å². The summed E-state index contributed by atoms with van der Waals surface area (Å²) in [5, 5.41) is 2.02. The summed E-state index contributed by atoms with van der Waals surface area (Å²) >= 11 is 1.69. The molecule has 0 bridgehead atoms. The minimum absolute atomic E-state index is 0.0148. The molecule has 0 N–H and O–H groups in total. The molecule has 1 aromatic heterocycles. The zero-order chi connectivity index (χ0) is 11.3. The van der Waals surface area contributed by atoms with Crippen molar-refractivity contribution in [3.63, 3.8) is 0 Å². The Morgan fingerprint density at radius 1 is 1.47 bits per heavy atom. The van der Waals surface area contributed by atoms with Crippen LogP contribution in [0.15, 0.2) is 17.5 Å². The van der Waals surface area contributed by atoms with Crippen LogP contribution in [-0.4, -0.2) is 30.2 Å². The lowest BCUT2D eigenvalue weighted by atomic mass is 10.2. The van der Waals surface area contributed by atoms with Gasteiger partial charge in [0.05, 0.1) is 6.42 Å². The van der Waals surface area contributed by atoms with Gasteiger partial charge in [0, 0.05) is 18.5 Å². The van der Waals surface area contributed by atoms with E-state index in [1.807, 2.05) is 17.5 Å². The molecular weight excluding hydrogens is 210 g/mol. The molecule has 0 aromatic carbocycles. The summed E-state index contributed by atoms with van der Waals surface area (Å²) < 4.78 is 0. The van der Waals surface area contributed by atoms with Gasteiger partial charge in [0.25, 0.3) is 0 Å². The summed E-state index contributed by atoms with van der Waals surface area (Å²) in [7, 11) is 1.74. The SMILES string of the molecule is CC(=O)CC(=O)N(C)CCc1cccs1. The molecule has 1 rings (SSSR count). The van der Waals surface area contributed by atoms with Crippen LogP contribution in [0, 0.1) is 0 Å². The third-order valence-corrected chi connectivity index (χ3v) is 3.04. The summed E-state index contributed by atoms with van der Waals surface area (Å²) in [6, 6.07) is 4.05. The topological polar surface area (TPSA) is 37.4 Å². The number of rotatable bonds is 5. The number of likely N-dealkylation sites (N-methyl/N-ethyl adjacent to an activating group) is 1. The Morgan fingerprint density at radius 2 is 2.20 bits per heavy atom. The number of Topliss-reactive ketones (excluding diaryl/α,β-unsaturated/α-hetero) is 1. The molecule has 0 fully saturated rings. The molecule has 0 spiro atoms. The Morgan fingerprint density at radius 3 is 2.73 bits per heavy atom. The number of thiophene rings is 1. The van der Waals surface area contributed by atoms with Crippen molar-refractivity contribution in [3.05, 3.63) is 22.4 Å². The molecule has 1 aromatic rings. The van der Waals surface area contributed by atoms with Gasteiger partial charge in [-0.1, -0.05) is 6.07 Å². The first kappa shape index (κ1) is 11.9. The van der Waals surface area contributed by atoms with E-state index in [0.717, 1.165) is 6.42 Å². The second-order valence-corrected chi connectivity index (χ2v) is 4.56. The molecule has 0 radical (unpaired) electrons. The highest BCUT2D eigenvalue weighted by Gasteiger charge is 2.10. The van der Waals surface area contributed by atoms with Crippen LogP contribution in [0.25, 0.3) is 0 Å². The summed E-state index contributed by atoms with van der Waals surface area (Å²) in [5.41, 5.74) is 0. The zero-order valence-electron chi connectivity index (χ0n) is 9.03. The second-order valence-electron chi connectivity index (χ2n) is 3.52. The molecule has 0 saturated carbocycles. The molecule has 4 heteroatoms. The first-order valence-electron chi connectivity index (χ1n) is 4.85. The fraction of sp³-hybridized carbons (Fsp3) is 0.455. The lowest BCUT2D eigenvalue weighted by molar-refractivity contribution is -0.133. The van der Waals surface area contributed by atoms with Crippen molar-refractivity contribution in [2.24, 2.45) is 0 Å². The van der Waals surface area contributed by atoms with Gasteiger partial charge in [-0.2, -0.15) is 0 Å². The predicted octanol–water partition coefficient (Wildman–Crippen LogP) is 1.73. The number of amides is 1. The molecule has 0 aliphatic heterocycles. The fourth-order valence-electron chi connectivity index (χ4n) is 1.21. The maximum atomic E-state index is 11.4. The Labute approximate surface area is 93.7 Å². The summed E-state index contributed by atoms with van der Waals surface area (Å²) in [6.07, 6.45) is 0.874. The predicted molar refractivity (Wildman–Crippen MR) is 61.0 cm³/mol. The Balaban J connectivity index is 2.32. The number of ketones is 1. The number of hydrogen-bond donors (Lipinski definition) is 0. The van der Waals surface area contributed by atoms with Gasteiger partial charge >= 0.3 is 0 Å². The molecule has 0 aliphatic carbocycles. The van der Waals surface area contributed by atoms with E-state index in [1.54, 1.807) is 23.3 Å². The van der Waals surface area contributed by atoms with Crippen LogP contribution < -0.4 is 0 Å². The van der Waals surface area contributed by atoms with E-state index in [-0.39, 0.29) is 18.1 Å². The van der Waals surface area contributed by atoms with E-state index in [9.17, 15) is 9.59 Å². The Hall–Kier alpha value is -1.16. The van der Waals surface area contributed by atoms with Crippen LogP contribution in [0.2, 0.25) is 0 Å². The van der Waals surface area contributed by atoms with Crippen LogP contribution in [0.3, 0.4) is 0 Å². The van der Waals surface area contributed by atoms with E-state index < -0.39 is 0 Å². The minimum Gasteiger partial charge on any atom is -0.345 e. The van der Waals surface area contributed by atoms with Crippen LogP contribution in [-0.2, 0) is 16.0 Å². The highest BCUT2D eigenvalue weighted by Crippen LogP contribution is 2.09. The lowest BCUT2D eigenvalue weighted by Crippen LogP contribution is -2.29. The normalized spacial score (nSPS) is 10.0. The third-order valence-electron chi connectivity index (χ3n) is 2.10. The molecule has 3 nitrogen and oxygen atoms in total. The van der Waals surface area contributed by atoms with Gasteiger partial charge in [0.15, 0.2) is 0 Å². The standard InChI is InChI=1S/C11H15NO2S/c1-9(13)8-11(14)12(2)6-5-10-4-3-7-15-10/h3-4,7H,5-6,8H2,1-2H3. The van der Waals surface area contributed by atoms with E-state index >= 15 is 0 Å².